The van der Waals surface area contributed by atoms with Gasteiger partial charge in [0.25, 0.3) is 0 Å². The third kappa shape index (κ3) is 1.86. The average molecular weight is 258 g/mol. The summed E-state index contributed by atoms with van der Waals surface area (Å²) in [5.41, 5.74) is 1.16. The SMILES string of the molecule is CC(C)n1cc(Br)c(C2CCCN2)n1. The van der Waals surface area contributed by atoms with Crippen LogP contribution in [0.15, 0.2) is 10.7 Å². The van der Waals surface area contributed by atoms with Crippen LogP contribution in [0.4, 0.5) is 0 Å². The molecule has 1 saturated heterocycles. The molecule has 1 aromatic heterocycles. The molecule has 0 aliphatic carbocycles. The Kier molecular flexibility index (Phi) is 2.93. The van der Waals surface area contributed by atoms with Crippen LogP contribution in [0.3, 0.4) is 0 Å². The van der Waals surface area contributed by atoms with Crippen LogP contribution in [0.5, 0.6) is 0 Å². The van der Waals surface area contributed by atoms with E-state index < -0.39 is 0 Å². The smallest absolute Gasteiger partial charge is 0.0935 e. The Balaban J connectivity index is 2.24. The molecule has 2 heterocycles. The van der Waals surface area contributed by atoms with Gasteiger partial charge in [0, 0.05) is 12.2 Å². The minimum Gasteiger partial charge on any atom is -0.309 e. The van der Waals surface area contributed by atoms with E-state index in [0.717, 1.165) is 16.7 Å². The lowest BCUT2D eigenvalue weighted by atomic mass is 10.2. The van der Waals surface area contributed by atoms with E-state index in [-0.39, 0.29) is 0 Å². The number of hydrogen-bond acceptors (Lipinski definition) is 2. The second-order valence-electron chi connectivity index (χ2n) is 4.08. The zero-order valence-electron chi connectivity index (χ0n) is 8.63. The van der Waals surface area contributed by atoms with Gasteiger partial charge in [0.05, 0.1) is 16.2 Å². The van der Waals surface area contributed by atoms with Gasteiger partial charge in [-0.2, -0.15) is 5.10 Å². The van der Waals surface area contributed by atoms with Crippen molar-refractivity contribution >= 4 is 15.9 Å². The van der Waals surface area contributed by atoms with Crippen LogP contribution >= 0.6 is 15.9 Å². The second kappa shape index (κ2) is 4.03. The summed E-state index contributed by atoms with van der Waals surface area (Å²) in [7, 11) is 0. The van der Waals surface area contributed by atoms with E-state index in [2.05, 4.69) is 46.4 Å². The first-order valence-electron chi connectivity index (χ1n) is 5.16. The Morgan fingerprint density at radius 2 is 2.43 bits per heavy atom. The molecule has 1 aromatic rings. The predicted molar refractivity (Wildman–Crippen MR) is 60.3 cm³/mol. The quantitative estimate of drug-likeness (QED) is 0.883. The van der Waals surface area contributed by atoms with E-state index >= 15 is 0 Å². The van der Waals surface area contributed by atoms with Gasteiger partial charge >= 0.3 is 0 Å². The Bertz CT molecular complexity index is 313. The maximum atomic E-state index is 4.60. The molecule has 2 rings (SSSR count). The van der Waals surface area contributed by atoms with Crippen LogP contribution in [0.1, 0.15) is 44.5 Å². The first-order valence-corrected chi connectivity index (χ1v) is 5.95. The largest absolute Gasteiger partial charge is 0.309 e. The van der Waals surface area contributed by atoms with E-state index in [9.17, 15) is 0 Å². The van der Waals surface area contributed by atoms with Crippen molar-refractivity contribution in [2.75, 3.05) is 6.54 Å². The number of aromatic nitrogens is 2. The highest BCUT2D eigenvalue weighted by Gasteiger charge is 2.22. The number of nitrogens with one attached hydrogen (secondary N) is 1. The van der Waals surface area contributed by atoms with Crippen molar-refractivity contribution in [3.63, 3.8) is 0 Å². The third-order valence-corrected chi connectivity index (χ3v) is 3.24. The Hall–Kier alpha value is -0.350. The molecule has 1 unspecified atom stereocenters. The third-order valence-electron chi connectivity index (χ3n) is 2.63. The van der Waals surface area contributed by atoms with Crippen LogP contribution in [0.25, 0.3) is 0 Å². The average Bonchev–Trinajstić information content (AvgIpc) is 2.71. The van der Waals surface area contributed by atoms with Crippen molar-refractivity contribution in [3.05, 3.63) is 16.4 Å². The van der Waals surface area contributed by atoms with Gasteiger partial charge < -0.3 is 5.32 Å². The van der Waals surface area contributed by atoms with E-state index in [1.807, 2.05) is 4.68 Å². The lowest BCUT2D eigenvalue weighted by Gasteiger charge is -2.07. The Morgan fingerprint density at radius 3 is 2.93 bits per heavy atom. The maximum Gasteiger partial charge on any atom is 0.0935 e. The number of halogens is 1. The Labute approximate surface area is 93.0 Å². The Morgan fingerprint density at radius 1 is 1.64 bits per heavy atom. The van der Waals surface area contributed by atoms with Gasteiger partial charge in [-0.1, -0.05) is 0 Å². The standard InChI is InChI=1S/C10H16BrN3/c1-7(2)14-6-8(11)10(13-14)9-4-3-5-12-9/h6-7,9,12H,3-5H2,1-2H3. The van der Waals surface area contributed by atoms with Crippen LogP contribution in [0.2, 0.25) is 0 Å². The maximum absolute atomic E-state index is 4.60. The normalized spacial score (nSPS) is 22.1. The molecule has 1 atom stereocenters. The van der Waals surface area contributed by atoms with Crippen LogP contribution in [-0.4, -0.2) is 16.3 Å². The van der Waals surface area contributed by atoms with Gasteiger partial charge in [0.15, 0.2) is 0 Å². The minimum absolute atomic E-state index is 0.432. The van der Waals surface area contributed by atoms with Crippen molar-refractivity contribution in [3.8, 4) is 0 Å². The van der Waals surface area contributed by atoms with Gasteiger partial charge in [-0.05, 0) is 49.2 Å². The first kappa shape index (κ1) is 10.2. The summed E-state index contributed by atoms with van der Waals surface area (Å²) in [6, 6.07) is 0.880. The minimum atomic E-state index is 0.432. The predicted octanol–water partition coefficient (Wildman–Crippen LogP) is 2.65. The molecule has 0 spiro atoms. The zero-order valence-corrected chi connectivity index (χ0v) is 10.2. The lowest BCUT2D eigenvalue weighted by molar-refractivity contribution is 0.511. The molecule has 4 heteroatoms. The topological polar surface area (TPSA) is 29.9 Å². The van der Waals surface area contributed by atoms with Crippen LogP contribution in [-0.2, 0) is 0 Å². The first-order chi connectivity index (χ1) is 6.68. The fourth-order valence-electron chi connectivity index (χ4n) is 1.80. The van der Waals surface area contributed by atoms with Gasteiger partial charge in [-0.3, -0.25) is 4.68 Å². The molecule has 1 aliphatic heterocycles. The van der Waals surface area contributed by atoms with Gasteiger partial charge in [-0.15, -0.1) is 0 Å². The van der Waals surface area contributed by atoms with E-state index in [4.69, 9.17) is 0 Å². The molecule has 14 heavy (non-hydrogen) atoms. The second-order valence-corrected chi connectivity index (χ2v) is 4.94. The highest BCUT2D eigenvalue weighted by atomic mass is 79.9. The number of rotatable bonds is 2. The van der Waals surface area contributed by atoms with Crippen LogP contribution < -0.4 is 5.32 Å². The molecule has 3 nitrogen and oxygen atoms in total. The molecular formula is C10H16BrN3. The fourth-order valence-corrected chi connectivity index (χ4v) is 2.37. The summed E-state index contributed by atoms with van der Waals surface area (Å²) in [4.78, 5) is 0. The molecule has 78 valence electrons. The van der Waals surface area contributed by atoms with Gasteiger partial charge in [0.1, 0.15) is 0 Å². The van der Waals surface area contributed by atoms with Gasteiger partial charge in [-0.25, -0.2) is 0 Å². The highest BCUT2D eigenvalue weighted by molar-refractivity contribution is 9.10. The summed E-state index contributed by atoms with van der Waals surface area (Å²) < 4.78 is 3.14. The molecule has 0 radical (unpaired) electrons. The molecular weight excluding hydrogens is 242 g/mol. The summed E-state index contributed by atoms with van der Waals surface area (Å²) >= 11 is 3.57. The molecule has 0 aromatic carbocycles. The van der Waals surface area contributed by atoms with Crippen molar-refractivity contribution in [1.82, 2.24) is 15.1 Å². The number of hydrogen-bond donors (Lipinski definition) is 1. The summed E-state index contributed by atoms with van der Waals surface area (Å²) in [5.74, 6) is 0. The van der Waals surface area contributed by atoms with Gasteiger partial charge in [0.2, 0.25) is 0 Å². The molecule has 1 fully saturated rings. The molecule has 0 amide bonds. The molecule has 1 N–H and O–H groups in total. The van der Waals surface area contributed by atoms with Crippen molar-refractivity contribution in [2.24, 2.45) is 0 Å². The van der Waals surface area contributed by atoms with E-state index in [1.54, 1.807) is 0 Å². The monoisotopic (exact) mass is 257 g/mol. The van der Waals surface area contributed by atoms with Crippen molar-refractivity contribution < 1.29 is 0 Å². The van der Waals surface area contributed by atoms with Crippen LogP contribution in [0, 0.1) is 0 Å². The van der Waals surface area contributed by atoms with E-state index in [1.165, 1.54) is 12.8 Å². The fraction of sp³-hybridized carbons (Fsp3) is 0.700. The molecule has 0 saturated carbocycles. The van der Waals surface area contributed by atoms with Crippen molar-refractivity contribution in [2.45, 2.75) is 38.8 Å². The lowest BCUT2D eigenvalue weighted by Crippen LogP contribution is -2.14. The summed E-state index contributed by atoms with van der Waals surface area (Å²) in [5, 5.41) is 8.06. The van der Waals surface area contributed by atoms with E-state index in [0.29, 0.717) is 12.1 Å². The zero-order chi connectivity index (χ0) is 10.1. The highest BCUT2D eigenvalue weighted by Crippen LogP contribution is 2.28. The molecule has 0 bridgehead atoms. The van der Waals surface area contributed by atoms with Crippen molar-refractivity contribution in [1.29, 1.82) is 0 Å². The molecule has 1 aliphatic rings. The number of nitrogens with zero attached hydrogens (tertiary/aromatic N) is 2. The summed E-state index contributed by atoms with van der Waals surface area (Å²) in [6.07, 6.45) is 4.53. The summed E-state index contributed by atoms with van der Waals surface area (Å²) in [6.45, 7) is 5.40.